The third kappa shape index (κ3) is 4.60. The maximum Gasteiger partial charge on any atom is 0.319 e. The summed E-state index contributed by atoms with van der Waals surface area (Å²) >= 11 is 0. The average molecular weight is 316 g/mol. The van der Waals surface area contributed by atoms with E-state index in [9.17, 15) is 9.90 Å². The number of aryl methyl sites for hydroxylation is 2. The van der Waals surface area contributed by atoms with Crippen LogP contribution in [0.4, 0.5) is 10.5 Å². The van der Waals surface area contributed by atoms with Crippen molar-refractivity contribution in [1.29, 1.82) is 0 Å². The van der Waals surface area contributed by atoms with E-state index >= 15 is 0 Å². The van der Waals surface area contributed by atoms with Gasteiger partial charge in [0.15, 0.2) is 0 Å². The van der Waals surface area contributed by atoms with Crippen LogP contribution < -0.4 is 10.6 Å². The molecule has 0 spiro atoms. The second-order valence-electron chi connectivity index (χ2n) is 5.90. The molecule has 1 atom stereocenters. The van der Waals surface area contributed by atoms with Crippen molar-refractivity contribution in [2.75, 3.05) is 11.9 Å². The van der Waals surface area contributed by atoms with Gasteiger partial charge in [0.05, 0.1) is 6.54 Å². The van der Waals surface area contributed by atoms with Crippen LogP contribution in [-0.2, 0) is 12.0 Å². The fourth-order valence-corrected chi connectivity index (χ4v) is 2.36. The first-order chi connectivity index (χ1) is 10.9. The fraction of sp³-hybridized carbons (Fsp3) is 0.389. The fourth-order valence-electron chi connectivity index (χ4n) is 2.36. The second-order valence-corrected chi connectivity index (χ2v) is 5.90. The number of nitrogens with one attached hydrogen (secondary N) is 2. The van der Waals surface area contributed by atoms with Crippen LogP contribution in [0, 0.1) is 6.92 Å². The molecule has 23 heavy (non-hydrogen) atoms. The molecule has 0 aliphatic heterocycles. The Labute approximate surface area is 136 Å². The van der Waals surface area contributed by atoms with Crippen LogP contribution in [0.3, 0.4) is 0 Å². The van der Waals surface area contributed by atoms with Crippen molar-refractivity contribution < 1.29 is 14.3 Å². The van der Waals surface area contributed by atoms with Gasteiger partial charge in [-0.3, -0.25) is 0 Å². The summed E-state index contributed by atoms with van der Waals surface area (Å²) in [5, 5.41) is 15.9. The van der Waals surface area contributed by atoms with Gasteiger partial charge in [-0.15, -0.1) is 0 Å². The minimum Gasteiger partial charge on any atom is -0.463 e. The molecule has 0 aliphatic carbocycles. The maximum atomic E-state index is 12.1. The Bertz CT molecular complexity index is 662. The molecule has 124 valence electrons. The summed E-state index contributed by atoms with van der Waals surface area (Å²) in [5.74, 6) is 1.15. The lowest BCUT2D eigenvalue weighted by Gasteiger charge is -2.21. The number of hydrogen-bond acceptors (Lipinski definition) is 3. The predicted octanol–water partition coefficient (Wildman–Crippen LogP) is 3.57. The molecular weight excluding hydrogens is 292 g/mol. The van der Waals surface area contributed by atoms with Gasteiger partial charge in [-0.25, -0.2) is 4.79 Å². The maximum absolute atomic E-state index is 12.1. The molecule has 0 bridgehead atoms. The molecule has 2 amide bonds. The number of anilines is 1. The third-order valence-electron chi connectivity index (χ3n) is 3.65. The number of rotatable bonds is 6. The van der Waals surface area contributed by atoms with E-state index in [1.807, 2.05) is 31.2 Å². The van der Waals surface area contributed by atoms with Crippen LogP contribution in [0.5, 0.6) is 0 Å². The molecule has 2 aromatic rings. The molecule has 0 fully saturated rings. The minimum atomic E-state index is -1.26. The highest BCUT2D eigenvalue weighted by atomic mass is 16.4. The summed E-state index contributed by atoms with van der Waals surface area (Å²) in [6.45, 7) is 5.57. The molecule has 1 aromatic heterocycles. The van der Waals surface area contributed by atoms with E-state index < -0.39 is 5.60 Å². The van der Waals surface area contributed by atoms with Crippen LogP contribution in [0.15, 0.2) is 40.8 Å². The van der Waals surface area contributed by atoms with Crippen molar-refractivity contribution in [2.45, 2.75) is 39.2 Å². The van der Waals surface area contributed by atoms with Crippen molar-refractivity contribution in [2.24, 2.45) is 0 Å². The van der Waals surface area contributed by atoms with Crippen molar-refractivity contribution in [3.05, 3.63) is 53.5 Å². The number of urea groups is 1. The first-order valence-electron chi connectivity index (χ1n) is 7.84. The van der Waals surface area contributed by atoms with Gasteiger partial charge in [0, 0.05) is 5.69 Å². The number of carbonyl (C=O) groups excluding carboxylic acids is 1. The predicted molar refractivity (Wildman–Crippen MR) is 90.5 cm³/mol. The summed E-state index contributed by atoms with van der Waals surface area (Å²) in [6.07, 6.45) is 1.91. The number of benzene rings is 1. The Morgan fingerprint density at radius 3 is 2.65 bits per heavy atom. The van der Waals surface area contributed by atoms with Gasteiger partial charge in [0.2, 0.25) is 0 Å². The second kappa shape index (κ2) is 7.33. The number of para-hydroxylation sites is 1. The van der Waals surface area contributed by atoms with Gasteiger partial charge >= 0.3 is 6.03 Å². The highest BCUT2D eigenvalue weighted by molar-refractivity contribution is 5.90. The van der Waals surface area contributed by atoms with E-state index in [4.69, 9.17) is 4.42 Å². The SMILES string of the molecule is CCCc1ccccc1NC(=O)NCC(C)(O)c1ccc(C)o1. The number of amides is 2. The normalized spacial score (nSPS) is 13.4. The first kappa shape index (κ1) is 17.1. The van der Waals surface area contributed by atoms with E-state index in [0.717, 1.165) is 29.9 Å². The van der Waals surface area contributed by atoms with E-state index in [1.54, 1.807) is 19.1 Å². The number of hydrogen-bond donors (Lipinski definition) is 3. The van der Waals surface area contributed by atoms with E-state index in [-0.39, 0.29) is 12.6 Å². The molecular formula is C18H24N2O3. The Kier molecular flexibility index (Phi) is 5.45. The minimum absolute atomic E-state index is 0.0573. The summed E-state index contributed by atoms with van der Waals surface area (Å²) < 4.78 is 5.43. The quantitative estimate of drug-likeness (QED) is 0.762. The monoisotopic (exact) mass is 316 g/mol. The van der Waals surface area contributed by atoms with Gasteiger partial charge < -0.3 is 20.2 Å². The molecule has 2 rings (SSSR count). The summed E-state index contributed by atoms with van der Waals surface area (Å²) in [4.78, 5) is 12.1. The molecule has 1 unspecified atom stereocenters. The lowest BCUT2D eigenvalue weighted by molar-refractivity contribution is 0.0364. The highest BCUT2D eigenvalue weighted by Crippen LogP contribution is 2.22. The number of furan rings is 1. The Balaban J connectivity index is 1.95. The van der Waals surface area contributed by atoms with Gasteiger partial charge in [-0.05, 0) is 44.0 Å². The van der Waals surface area contributed by atoms with Gasteiger partial charge in [-0.1, -0.05) is 31.5 Å². The molecule has 1 aromatic carbocycles. The van der Waals surface area contributed by atoms with Crippen LogP contribution in [-0.4, -0.2) is 17.7 Å². The van der Waals surface area contributed by atoms with Crippen molar-refractivity contribution in [1.82, 2.24) is 5.32 Å². The van der Waals surface area contributed by atoms with Crippen molar-refractivity contribution in [3.63, 3.8) is 0 Å². The molecule has 3 N–H and O–H groups in total. The molecule has 0 radical (unpaired) electrons. The first-order valence-corrected chi connectivity index (χ1v) is 7.84. The lowest BCUT2D eigenvalue weighted by Crippen LogP contribution is -2.40. The molecule has 0 aliphatic rings. The number of carbonyl (C=O) groups is 1. The standard InChI is InChI=1S/C18H24N2O3/c1-4-7-14-8-5-6-9-15(14)20-17(21)19-12-18(3,22)16-11-10-13(2)23-16/h5-6,8-11,22H,4,7,12H2,1-3H3,(H2,19,20,21). The zero-order valence-electron chi connectivity index (χ0n) is 13.8. The zero-order valence-corrected chi connectivity index (χ0v) is 13.8. The van der Waals surface area contributed by atoms with E-state index in [1.165, 1.54) is 0 Å². The summed E-state index contributed by atoms with van der Waals surface area (Å²) in [5.41, 5.74) is 0.632. The van der Waals surface area contributed by atoms with Crippen LogP contribution in [0.2, 0.25) is 0 Å². The highest BCUT2D eigenvalue weighted by Gasteiger charge is 2.27. The number of aliphatic hydroxyl groups is 1. The van der Waals surface area contributed by atoms with Crippen LogP contribution >= 0.6 is 0 Å². The Morgan fingerprint density at radius 2 is 2.00 bits per heavy atom. The summed E-state index contributed by atoms with van der Waals surface area (Å²) in [7, 11) is 0. The lowest BCUT2D eigenvalue weighted by atomic mass is 10.0. The van der Waals surface area contributed by atoms with Crippen molar-refractivity contribution >= 4 is 11.7 Å². The third-order valence-corrected chi connectivity index (χ3v) is 3.65. The molecule has 1 heterocycles. The van der Waals surface area contributed by atoms with Crippen molar-refractivity contribution in [3.8, 4) is 0 Å². The average Bonchev–Trinajstić information content (AvgIpc) is 2.95. The van der Waals surface area contributed by atoms with Gasteiger partial charge in [0.25, 0.3) is 0 Å². The smallest absolute Gasteiger partial charge is 0.319 e. The molecule has 0 saturated heterocycles. The Morgan fingerprint density at radius 1 is 1.26 bits per heavy atom. The van der Waals surface area contributed by atoms with E-state index in [0.29, 0.717) is 5.76 Å². The summed E-state index contributed by atoms with van der Waals surface area (Å²) in [6, 6.07) is 10.9. The molecule has 5 nitrogen and oxygen atoms in total. The van der Waals surface area contributed by atoms with Gasteiger partial charge in [0.1, 0.15) is 17.1 Å². The zero-order chi connectivity index (χ0) is 16.9. The largest absolute Gasteiger partial charge is 0.463 e. The molecule has 5 heteroatoms. The Hall–Kier alpha value is -2.27. The molecule has 0 saturated carbocycles. The van der Waals surface area contributed by atoms with Gasteiger partial charge in [-0.2, -0.15) is 0 Å². The topological polar surface area (TPSA) is 74.5 Å². The van der Waals surface area contributed by atoms with Crippen LogP contribution in [0.25, 0.3) is 0 Å². The van der Waals surface area contributed by atoms with Crippen LogP contribution in [0.1, 0.15) is 37.4 Å². The van der Waals surface area contributed by atoms with E-state index in [2.05, 4.69) is 17.6 Å².